The minimum absolute atomic E-state index is 0.677. The number of hydrogen-bond acceptors (Lipinski definition) is 2. The molecule has 0 bridgehead atoms. The summed E-state index contributed by atoms with van der Waals surface area (Å²) in [5, 5.41) is 0. The van der Waals surface area contributed by atoms with Crippen molar-refractivity contribution in [3.63, 3.8) is 0 Å². The van der Waals surface area contributed by atoms with Crippen LogP contribution in [0, 0.1) is 0 Å². The van der Waals surface area contributed by atoms with Crippen LogP contribution in [-0.2, 0) is 6.42 Å². The maximum Gasteiger partial charge on any atom is 0.119 e. The van der Waals surface area contributed by atoms with Gasteiger partial charge in [0.1, 0.15) is 11.5 Å². The van der Waals surface area contributed by atoms with Crippen molar-refractivity contribution in [3.8, 4) is 11.5 Å². The lowest BCUT2D eigenvalue weighted by Gasteiger charge is -2.08. The molecule has 2 rings (SSSR count). The summed E-state index contributed by atoms with van der Waals surface area (Å²) < 4.78 is 11.2. The van der Waals surface area contributed by atoms with Gasteiger partial charge in [-0.05, 0) is 54.7 Å². The van der Waals surface area contributed by atoms with Crippen LogP contribution in [0.5, 0.6) is 11.5 Å². The van der Waals surface area contributed by atoms with Gasteiger partial charge in [0.15, 0.2) is 0 Å². The van der Waals surface area contributed by atoms with Crippen LogP contribution in [0.4, 0.5) is 0 Å². The highest BCUT2D eigenvalue weighted by molar-refractivity contribution is 5.34. The normalized spacial score (nSPS) is 10.1. The standard InChI is InChI=1S/C21H24O2/c1-3-5-15-22-20-11-7-18(8-12-20)17-19-9-13-21(14-10-19)23-16-6-4-2/h3-4,7-14H,1-2,5-6,15-17H2. The van der Waals surface area contributed by atoms with Gasteiger partial charge < -0.3 is 9.47 Å². The fourth-order valence-corrected chi connectivity index (χ4v) is 2.16. The van der Waals surface area contributed by atoms with Gasteiger partial charge in [-0.1, -0.05) is 36.4 Å². The molecule has 0 atom stereocenters. The molecule has 0 N–H and O–H groups in total. The summed E-state index contributed by atoms with van der Waals surface area (Å²) in [5.74, 6) is 1.81. The van der Waals surface area contributed by atoms with Gasteiger partial charge in [0.05, 0.1) is 13.2 Å². The predicted octanol–water partition coefficient (Wildman–Crippen LogP) is 5.19. The third kappa shape index (κ3) is 6.03. The molecule has 23 heavy (non-hydrogen) atoms. The Morgan fingerprint density at radius 2 is 1.04 bits per heavy atom. The summed E-state index contributed by atoms with van der Waals surface area (Å²) in [6.45, 7) is 8.73. The van der Waals surface area contributed by atoms with Crippen molar-refractivity contribution < 1.29 is 9.47 Å². The Bertz CT molecular complexity index is 541. The monoisotopic (exact) mass is 308 g/mol. The molecule has 0 aliphatic heterocycles. The highest BCUT2D eigenvalue weighted by Gasteiger charge is 1.99. The molecule has 0 saturated heterocycles. The fraction of sp³-hybridized carbons (Fsp3) is 0.238. The van der Waals surface area contributed by atoms with Crippen molar-refractivity contribution in [2.24, 2.45) is 0 Å². The van der Waals surface area contributed by atoms with Crippen LogP contribution in [0.25, 0.3) is 0 Å². The fourth-order valence-electron chi connectivity index (χ4n) is 2.16. The van der Waals surface area contributed by atoms with Crippen LogP contribution >= 0.6 is 0 Å². The number of ether oxygens (including phenoxy) is 2. The molecule has 0 fully saturated rings. The molecule has 0 spiro atoms. The maximum absolute atomic E-state index is 5.62. The molecule has 0 aliphatic carbocycles. The second-order valence-electron chi connectivity index (χ2n) is 5.32. The smallest absolute Gasteiger partial charge is 0.119 e. The first-order valence-electron chi connectivity index (χ1n) is 7.97. The molecule has 0 aromatic heterocycles. The van der Waals surface area contributed by atoms with E-state index in [9.17, 15) is 0 Å². The lowest BCUT2D eigenvalue weighted by Crippen LogP contribution is -1.96. The van der Waals surface area contributed by atoms with Crippen LogP contribution in [0.2, 0.25) is 0 Å². The Labute approximate surface area is 139 Å². The van der Waals surface area contributed by atoms with Gasteiger partial charge in [0, 0.05) is 0 Å². The lowest BCUT2D eigenvalue weighted by atomic mass is 10.0. The Morgan fingerprint density at radius 1 is 0.652 bits per heavy atom. The average molecular weight is 308 g/mol. The summed E-state index contributed by atoms with van der Waals surface area (Å²) in [5.41, 5.74) is 2.53. The number of rotatable bonds is 10. The first kappa shape index (κ1) is 16.9. The molecule has 0 unspecified atom stereocenters. The summed E-state index contributed by atoms with van der Waals surface area (Å²) in [4.78, 5) is 0. The largest absolute Gasteiger partial charge is 0.493 e. The van der Waals surface area contributed by atoms with Crippen molar-refractivity contribution in [1.29, 1.82) is 0 Å². The zero-order valence-corrected chi connectivity index (χ0v) is 13.5. The van der Waals surface area contributed by atoms with E-state index in [-0.39, 0.29) is 0 Å². The molecule has 2 aromatic rings. The van der Waals surface area contributed by atoms with Gasteiger partial charge in [-0.3, -0.25) is 0 Å². The van der Waals surface area contributed by atoms with Crippen molar-refractivity contribution in [3.05, 3.63) is 85.0 Å². The van der Waals surface area contributed by atoms with Crippen molar-refractivity contribution in [2.75, 3.05) is 13.2 Å². The summed E-state index contributed by atoms with van der Waals surface area (Å²) >= 11 is 0. The van der Waals surface area contributed by atoms with E-state index in [0.717, 1.165) is 30.8 Å². The summed E-state index contributed by atoms with van der Waals surface area (Å²) in [7, 11) is 0. The topological polar surface area (TPSA) is 18.5 Å². The molecule has 0 radical (unpaired) electrons. The Morgan fingerprint density at radius 3 is 1.39 bits per heavy atom. The third-order valence-electron chi connectivity index (χ3n) is 3.44. The van der Waals surface area contributed by atoms with Gasteiger partial charge in [-0.2, -0.15) is 0 Å². The second-order valence-corrected chi connectivity index (χ2v) is 5.32. The molecular weight excluding hydrogens is 284 g/mol. The van der Waals surface area contributed by atoms with Gasteiger partial charge in [-0.25, -0.2) is 0 Å². The van der Waals surface area contributed by atoms with Crippen LogP contribution in [0.1, 0.15) is 24.0 Å². The molecule has 0 aliphatic rings. The van der Waals surface area contributed by atoms with E-state index < -0.39 is 0 Å². The van der Waals surface area contributed by atoms with E-state index >= 15 is 0 Å². The van der Waals surface area contributed by atoms with Gasteiger partial charge in [-0.15, -0.1) is 13.2 Å². The molecule has 0 saturated carbocycles. The molecule has 2 nitrogen and oxygen atoms in total. The minimum atomic E-state index is 0.677. The van der Waals surface area contributed by atoms with Crippen LogP contribution in [-0.4, -0.2) is 13.2 Å². The SMILES string of the molecule is C=CCCOc1ccc(Cc2ccc(OCCC=C)cc2)cc1. The second kappa shape index (κ2) is 9.52. The van der Waals surface area contributed by atoms with E-state index in [1.54, 1.807) is 0 Å². The van der Waals surface area contributed by atoms with Gasteiger partial charge in [0.2, 0.25) is 0 Å². The van der Waals surface area contributed by atoms with Crippen molar-refractivity contribution in [1.82, 2.24) is 0 Å². The van der Waals surface area contributed by atoms with Crippen LogP contribution in [0.15, 0.2) is 73.8 Å². The molecule has 2 aromatic carbocycles. The number of benzene rings is 2. The van der Waals surface area contributed by atoms with E-state index in [4.69, 9.17) is 9.47 Å². The zero-order valence-electron chi connectivity index (χ0n) is 13.5. The maximum atomic E-state index is 5.62. The summed E-state index contributed by atoms with van der Waals surface area (Å²) in [6.07, 6.45) is 6.35. The Balaban J connectivity index is 1.86. The average Bonchev–Trinajstić information content (AvgIpc) is 2.58. The van der Waals surface area contributed by atoms with E-state index in [2.05, 4.69) is 37.4 Å². The lowest BCUT2D eigenvalue weighted by molar-refractivity contribution is 0.325. The molecule has 2 heteroatoms. The molecular formula is C21H24O2. The van der Waals surface area contributed by atoms with Gasteiger partial charge >= 0.3 is 0 Å². The first-order valence-corrected chi connectivity index (χ1v) is 7.97. The Hall–Kier alpha value is -2.48. The van der Waals surface area contributed by atoms with Crippen LogP contribution < -0.4 is 9.47 Å². The van der Waals surface area contributed by atoms with Crippen LogP contribution in [0.3, 0.4) is 0 Å². The first-order chi connectivity index (χ1) is 11.3. The third-order valence-corrected chi connectivity index (χ3v) is 3.44. The zero-order chi connectivity index (χ0) is 16.3. The quantitative estimate of drug-likeness (QED) is 0.444. The number of hydrogen-bond donors (Lipinski definition) is 0. The van der Waals surface area contributed by atoms with Crippen molar-refractivity contribution >= 4 is 0 Å². The summed E-state index contributed by atoms with van der Waals surface area (Å²) in [6, 6.07) is 16.5. The minimum Gasteiger partial charge on any atom is -0.493 e. The van der Waals surface area contributed by atoms with Crippen molar-refractivity contribution in [2.45, 2.75) is 19.3 Å². The van der Waals surface area contributed by atoms with E-state index in [1.165, 1.54) is 11.1 Å². The highest BCUT2D eigenvalue weighted by atomic mass is 16.5. The predicted molar refractivity (Wildman–Crippen MR) is 96.3 cm³/mol. The highest BCUT2D eigenvalue weighted by Crippen LogP contribution is 2.18. The molecule has 0 heterocycles. The Kier molecular flexibility index (Phi) is 6.99. The van der Waals surface area contributed by atoms with E-state index in [1.807, 2.05) is 36.4 Å². The van der Waals surface area contributed by atoms with E-state index in [0.29, 0.717) is 13.2 Å². The van der Waals surface area contributed by atoms with Gasteiger partial charge in [0.25, 0.3) is 0 Å². The molecule has 0 amide bonds. The molecule has 120 valence electrons.